The van der Waals surface area contributed by atoms with Gasteiger partial charge in [-0.1, -0.05) is 53.7 Å². The number of hydrogen-bond acceptors (Lipinski definition) is 5. The van der Waals surface area contributed by atoms with Crippen LogP contribution in [0.15, 0.2) is 53.7 Å². The molecular formula is C18H20N4OS. The quantitative estimate of drug-likeness (QED) is 0.551. The molecule has 1 aromatic heterocycles. The summed E-state index contributed by atoms with van der Waals surface area (Å²) in [5, 5.41) is 9.14. The van der Waals surface area contributed by atoms with E-state index in [1.54, 1.807) is 23.5 Å². The lowest BCUT2D eigenvalue weighted by molar-refractivity contribution is 0.414. The number of nitrogens with two attached hydrogens (primary N) is 1. The van der Waals surface area contributed by atoms with Crippen molar-refractivity contribution in [1.29, 1.82) is 0 Å². The first-order chi connectivity index (χ1) is 11.7. The van der Waals surface area contributed by atoms with E-state index in [9.17, 15) is 0 Å². The average molecular weight is 340 g/mol. The zero-order valence-corrected chi connectivity index (χ0v) is 14.6. The molecule has 0 aliphatic heterocycles. The van der Waals surface area contributed by atoms with Crippen LogP contribution in [-0.4, -0.2) is 22.0 Å². The molecule has 1 heterocycles. The second kappa shape index (κ2) is 7.40. The fraction of sp³-hybridized carbons (Fsp3) is 0.222. The predicted molar refractivity (Wildman–Crippen MR) is 96.7 cm³/mol. The Morgan fingerprint density at radius 3 is 2.33 bits per heavy atom. The first kappa shape index (κ1) is 16.4. The number of nitrogens with zero attached hydrogens (tertiary/aromatic N) is 3. The van der Waals surface area contributed by atoms with Gasteiger partial charge in [0.05, 0.1) is 7.11 Å². The van der Waals surface area contributed by atoms with Gasteiger partial charge in [0.25, 0.3) is 0 Å². The van der Waals surface area contributed by atoms with Crippen LogP contribution >= 0.6 is 11.8 Å². The minimum atomic E-state index is 0.637. The third-order valence-electron chi connectivity index (χ3n) is 3.74. The summed E-state index contributed by atoms with van der Waals surface area (Å²) in [5.74, 6) is 8.54. The van der Waals surface area contributed by atoms with Gasteiger partial charge in [-0.3, -0.25) is 0 Å². The second-order valence-corrected chi connectivity index (χ2v) is 6.51. The molecule has 0 amide bonds. The van der Waals surface area contributed by atoms with Crippen LogP contribution in [0.1, 0.15) is 22.5 Å². The van der Waals surface area contributed by atoms with Crippen LogP contribution in [0.5, 0.6) is 5.75 Å². The van der Waals surface area contributed by atoms with Crippen molar-refractivity contribution in [3.8, 4) is 5.75 Å². The Labute approximate surface area is 145 Å². The fourth-order valence-corrected chi connectivity index (χ4v) is 3.12. The van der Waals surface area contributed by atoms with E-state index < -0.39 is 0 Å². The lowest BCUT2D eigenvalue weighted by Gasteiger charge is -2.05. The summed E-state index contributed by atoms with van der Waals surface area (Å²) >= 11 is 1.59. The summed E-state index contributed by atoms with van der Waals surface area (Å²) in [4.78, 5) is 0. The van der Waals surface area contributed by atoms with E-state index in [0.717, 1.165) is 28.0 Å². The zero-order valence-electron chi connectivity index (χ0n) is 13.8. The van der Waals surface area contributed by atoms with Crippen LogP contribution in [-0.2, 0) is 12.2 Å². The monoisotopic (exact) mass is 340 g/mol. The summed E-state index contributed by atoms with van der Waals surface area (Å²) in [5.41, 5.74) is 3.61. The minimum absolute atomic E-state index is 0.637. The van der Waals surface area contributed by atoms with E-state index in [1.807, 2.05) is 24.3 Å². The smallest absolute Gasteiger partial charge is 0.210 e. The molecule has 2 aromatic carbocycles. The topological polar surface area (TPSA) is 66.0 Å². The normalized spacial score (nSPS) is 10.8. The number of ether oxygens (including phenoxy) is 1. The molecule has 0 aliphatic carbocycles. The molecule has 6 heteroatoms. The molecule has 0 saturated carbocycles. The van der Waals surface area contributed by atoms with E-state index >= 15 is 0 Å². The van der Waals surface area contributed by atoms with E-state index in [4.69, 9.17) is 10.6 Å². The van der Waals surface area contributed by atoms with Gasteiger partial charge in [0.2, 0.25) is 5.16 Å². The standard InChI is InChI=1S/C18H20N4OS/c1-13-3-5-15(6-4-13)12-24-18-21-20-17(22(18)19)11-14-7-9-16(23-2)10-8-14/h3-10H,11-12,19H2,1-2H3. The zero-order chi connectivity index (χ0) is 16.9. The molecule has 5 nitrogen and oxygen atoms in total. The molecule has 0 aliphatic rings. The maximum Gasteiger partial charge on any atom is 0.210 e. The molecule has 0 saturated heterocycles. The second-order valence-electron chi connectivity index (χ2n) is 5.57. The number of benzene rings is 2. The van der Waals surface area contributed by atoms with E-state index in [1.165, 1.54) is 11.1 Å². The lowest BCUT2D eigenvalue weighted by Crippen LogP contribution is -2.14. The summed E-state index contributed by atoms with van der Waals surface area (Å²) in [6.45, 7) is 2.08. The Hall–Kier alpha value is -2.47. The molecule has 0 bridgehead atoms. The van der Waals surface area contributed by atoms with Crippen molar-refractivity contribution in [2.75, 3.05) is 13.0 Å². The highest BCUT2D eigenvalue weighted by atomic mass is 32.2. The number of hydrogen-bond donors (Lipinski definition) is 1. The number of rotatable bonds is 6. The fourth-order valence-electron chi connectivity index (χ4n) is 2.28. The van der Waals surface area contributed by atoms with Crippen molar-refractivity contribution in [3.63, 3.8) is 0 Å². The van der Waals surface area contributed by atoms with Gasteiger partial charge in [-0.25, -0.2) is 4.68 Å². The predicted octanol–water partition coefficient (Wildman–Crippen LogP) is 3.19. The lowest BCUT2D eigenvalue weighted by atomic mass is 10.1. The highest BCUT2D eigenvalue weighted by Crippen LogP contribution is 2.21. The van der Waals surface area contributed by atoms with Crippen molar-refractivity contribution >= 4 is 11.8 Å². The minimum Gasteiger partial charge on any atom is -0.497 e. The number of nitrogen functional groups attached to an aromatic ring is 1. The molecule has 24 heavy (non-hydrogen) atoms. The first-order valence-corrected chi connectivity index (χ1v) is 8.65. The van der Waals surface area contributed by atoms with Gasteiger partial charge in [0.1, 0.15) is 5.75 Å². The van der Waals surface area contributed by atoms with Crippen molar-refractivity contribution in [2.45, 2.75) is 24.3 Å². The summed E-state index contributed by atoms with van der Waals surface area (Å²) in [7, 11) is 1.66. The van der Waals surface area contributed by atoms with Crippen molar-refractivity contribution in [3.05, 3.63) is 71.0 Å². The third-order valence-corrected chi connectivity index (χ3v) is 4.76. The SMILES string of the molecule is COc1ccc(Cc2nnc(SCc3ccc(C)cc3)n2N)cc1. The van der Waals surface area contributed by atoms with E-state index in [0.29, 0.717) is 6.42 Å². The van der Waals surface area contributed by atoms with Crippen molar-refractivity contribution in [1.82, 2.24) is 14.9 Å². The van der Waals surface area contributed by atoms with Gasteiger partial charge in [0.15, 0.2) is 5.82 Å². The molecule has 2 N–H and O–H groups in total. The van der Waals surface area contributed by atoms with Crippen molar-refractivity contribution in [2.24, 2.45) is 0 Å². The van der Waals surface area contributed by atoms with Crippen LogP contribution in [0.3, 0.4) is 0 Å². The summed E-state index contributed by atoms with van der Waals surface area (Å²) < 4.78 is 6.74. The van der Waals surface area contributed by atoms with E-state index in [-0.39, 0.29) is 0 Å². The molecule has 0 spiro atoms. The largest absolute Gasteiger partial charge is 0.497 e. The average Bonchev–Trinajstić information content (AvgIpc) is 2.95. The third kappa shape index (κ3) is 3.89. The van der Waals surface area contributed by atoms with Gasteiger partial charge in [0, 0.05) is 12.2 Å². The molecule has 0 radical (unpaired) electrons. The Morgan fingerprint density at radius 2 is 1.67 bits per heavy atom. The molecular weight excluding hydrogens is 320 g/mol. The van der Waals surface area contributed by atoms with Crippen LogP contribution in [0.4, 0.5) is 0 Å². The Kier molecular flexibility index (Phi) is 5.05. The molecule has 0 fully saturated rings. The molecule has 3 aromatic rings. The molecule has 124 valence electrons. The highest BCUT2D eigenvalue weighted by Gasteiger charge is 2.11. The van der Waals surface area contributed by atoms with Crippen molar-refractivity contribution < 1.29 is 4.74 Å². The molecule has 0 unspecified atom stereocenters. The van der Waals surface area contributed by atoms with Gasteiger partial charge in [-0.05, 0) is 30.2 Å². The number of aryl methyl sites for hydroxylation is 1. The Morgan fingerprint density at radius 1 is 1.00 bits per heavy atom. The highest BCUT2D eigenvalue weighted by molar-refractivity contribution is 7.98. The van der Waals surface area contributed by atoms with Gasteiger partial charge in [-0.2, -0.15) is 0 Å². The first-order valence-electron chi connectivity index (χ1n) is 7.66. The summed E-state index contributed by atoms with van der Waals surface area (Å²) in [6.07, 6.45) is 0.637. The molecule has 0 atom stereocenters. The maximum atomic E-state index is 6.14. The van der Waals surface area contributed by atoms with Crippen LogP contribution in [0.25, 0.3) is 0 Å². The Bertz CT molecular complexity index is 797. The van der Waals surface area contributed by atoms with Crippen LogP contribution in [0, 0.1) is 6.92 Å². The van der Waals surface area contributed by atoms with Crippen LogP contribution in [0.2, 0.25) is 0 Å². The van der Waals surface area contributed by atoms with Gasteiger partial charge >= 0.3 is 0 Å². The Balaban J connectivity index is 1.65. The number of thioether (sulfide) groups is 1. The van der Waals surface area contributed by atoms with Gasteiger partial charge in [-0.15, -0.1) is 10.2 Å². The van der Waals surface area contributed by atoms with Crippen LogP contribution < -0.4 is 10.6 Å². The number of methoxy groups -OCH3 is 1. The van der Waals surface area contributed by atoms with Gasteiger partial charge < -0.3 is 10.6 Å². The molecule has 3 rings (SSSR count). The summed E-state index contributed by atoms with van der Waals surface area (Å²) in [6, 6.07) is 16.3. The van der Waals surface area contributed by atoms with E-state index in [2.05, 4.69) is 41.4 Å². The maximum absolute atomic E-state index is 6.14. The number of aromatic nitrogens is 3.